The fraction of sp³-hybridized carbons (Fsp3) is 0.222. The molecule has 2 aliphatic heterocycles. The molecule has 0 saturated carbocycles. The minimum atomic E-state index is 0.410. The average Bonchev–Trinajstić information content (AvgIpc) is 3.51. The second kappa shape index (κ2) is 8.77. The third-order valence-corrected chi connectivity index (χ3v) is 9.43. The summed E-state index contributed by atoms with van der Waals surface area (Å²) in [6, 6.07) is 20.1. The van der Waals surface area contributed by atoms with E-state index in [0.29, 0.717) is 47.8 Å². The zero-order valence-electron chi connectivity index (χ0n) is 21.4. The second-order valence-corrected chi connectivity index (χ2v) is 11.3. The molecule has 4 aliphatic carbocycles. The maximum atomic E-state index is 2.61. The zero-order valence-corrected chi connectivity index (χ0v) is 21.4. The van der Waals surface area contributed by atoms with Crippen molar-refractivity contribution in [3.8, 4) is 11.1 Å². The molecule has 8 rings (SSSR count). The van der Waals surface area contributed by atoms with Gasteiger partial charge in [0.1, 0.15) is 0 Å². The van der Waals surface area contributed by atoms with Crippen molar-refractivity contribution in [1.82, 2.24) is 0 Å². The predicted octanol–water partition coefficient (Wildman–Crippen LogP) is 7.44. The molecule has 2 heterocycles. The quantitative estimate of drug-likeness (QED) is 0.439. The Bertz CT molecular complexity index is 1280. The summed E-state index contributed by atoms with van der Waals surface area (Å²) in [7, 11) is 0. The molecular weight excluding hydrogens is 460 g/mol. The standard InChI is InChI=1S/C36H32N2/c1-5-13-33-29(9-1)30-10-2-6-14-34(30)37(33)27-21-17-25(18-22-27)26-19-23-28(24-20-26)38-35-15-7-3-11-31(35)32-12-4-8-16-36(32)38/h1-24,29-36H. The van der Waals surface area contributed by atoms with Gasteiger partial charge >= 0.3 is 0 Å². The lowest BCUT2D eigenvalue weighted by atomic mass is 9.83. The molecule has 0 bridgehead atoms. The number of fused-ring (bicyclic) bond motifs is 6. The fourth-order valence-electron chi connectivity index (χ4n) is 7.73. The van der Waals surface area contributed by atoms with E-state index in [-0.39, 0.29) is 0 Å². The molecule has 8 unspecified atom stereocenters. The van der Waals surface area contributed by atoms with Crippen molar-refractivity contribution in [2.45, 2.75) is 24.2 Å². The molecule has 38 heavy (non-hydrogen) atoms. The van der Waals surface area contributed by atoms with Gasteiger partial charge in [-0.2, -0.15) is 0 Å². The van der Waals surface area contributed by atoms with Crippen LogP contribution in [-0.2, 0) is 0 Å². The second-order valence-electron chi connectivity index (χ2n) is 11.3. The van der Waals surface area contributed by atoms with Gasteiger partial charge in [0.25, 0.3) is 0 Å². The maximum Gasteiger partial charge on any atom is 0.0551 e. The Morgan fingerprint density at radius 1 is 0.316 bits per heavy atom. The van der Waals surface area contributed by atoms with Crippen LogP contribution in [0.5, 0.6) is 0 Å². The van der Waals surface area contributed by atoms with Crippen LogP contribution in [-0.4, -0.2) is 24.2 Å². The van der Waals surface area contributed by atoms with Gasteiger partial charge in [-0.15, -0.1) is 0 Å². The van der Waals surface area contributed by atoms with E-state index < -0.39 is 0 Å². The van der Waals surface area contributed by atoms with Crippen molar-refractivity contribution in [2.24, 2.45) is 23.7 Å². The van der Waals surface area contributed by atoms with Crippen LogP contribution in [0.1, 0.15) is 0 Å². The van der Waals surface area contributed by atoms with Crippen LogP contribution in [0.25, 0.3) is 11.1 Å². The van der Waals surface area contributed by atoms with Crippen LogP contribution in [0.15, 0.2) is 146 Å². The molecule has 186 valence electrons. The van der Waals surface area contributed by atoms with Crippen LogP contribution < -0.4 is 9.80 Å². The van der Waals surface area contributed by atoms with Gasteiger partial charge in [0, 0.05) is 35.0 Å². The molecular formula is C36H32N2. The SMILES string of the molecule is C1=CC2C3C=CC=CC3N(c3ccc(-c4ccc(N5C6C=CC=CC6C6C=CC=CC65)cc4)cc3)C2C=C1. The molecule has 0 N–H and O–H groups in total. The topological polar surface area (TPSA) is 6.48 Å². The normalized spacial score (nSPS) is 34.9. The number of benzene rings is 2. The van der Waals surface area contributed by atoms with E-state index in [4.69, 9.17) is 0 Å². The molecule has 2 aromatic rings. The third-order valence-electron chi connectivity index (χ3n) is 9.43. The van der Waals surface area contributed by atoms with E-state index in [0.717, 1.165) is 0 Å². The number of nitrogens with zero attached hydrogens (tertiary/aromatic N) is 2. The smallest absolute Gasteiger partial charge is 0.0551 e. The molecule has 2 heteroatoms. The summed E-state index contributed by atoms with van der Waals surface area (Å²) in [5.41, 5.74) is 5.14. The predicted molar refractivity (Wildman–Crippen MR) is 159 cm³/mol. The lowest BCUT2D eigenvalue weighted by molar-refractivity contribution is 0.527. The van der Waals surface area contributed by atoms with E-state index in [2.05, 4.69) is 156 Å². The summed E-state index contributed by atoms with van der Waals surface area (Å²) < 4.78 is 0. The summed E-state index contributed by atoms with van der Waals surface area (Å²) in [5, 5.41) is 0. The fourth-order valence-corrected chi connectivity index (χ4v) is 7.73. The molecule has 2 nitrogen and oxygen atoms in total. The van der Waals surface area contributed by atoms with Gasteiger partial charge in [-0.25, -0.2) is 0 Å². The monoisotopic (exact) mass is 492 g/mol. The van der Waals surface area contributed by atoms with Gasteiger partial charge in [0.2, 0.25) is 0 Å². The molecule has 6 aliphatic rings. The van der Waals surface area contributed by atoms with Crippen molar-refractivity contribution in [1.29, 1.82) is 0 Å². The van der Waals surface area contributed by atoms with Crippen LogP contribution >= 0.6 is 0 Å². The largest absolute Gasteiger partial charge is 0.357 e. The van der Waals surface area contributed by atoms with Gasteiger partial charge in [-0.1, -0.05) is 121 Å². The Morgan fingerprint density at radius 2 is 0.579 bits per heavy atom. The van der Waals surface area contributed by atoms with Gasteiger partial charge < -0.3 is 9.80 Å². The molecule has 2 aromatic carbocycles. The molecule has 0 radical (unpaired) electrons. The maximum absolute atomic E-state index is 2.61. The highest BCUT2D eigenvalue weighted by Gasteiger charge is 2.46. The number of rotatable bonds is 3. The molecule has 8 atom stereocenters. The first-order valence-electron chi connectivity index (χ1n) is 14.0. The van der Waals surface area contributed by atoms with Crippen molar-refractivity contribution in [3.05, 3.63) is 146 Å². The number of allylic oxidation sites excluding steroid dienone is 8. The lowest BCUT2D eigenvalue weighted by Crippen LogP contribution is -2.36. The Hall–Kier alpha value is -4.04. The molecule has 0 spiro atoms. The van der Waals surface area contributed by atoms with E-state index in [1.165, 1.54) is 22.5 Å². The molecule has 0 amide bonds. The lowest BCUT2D eigenvalue weighted by Gasteiger charge is -2.32. The summed E-state index contributed by atoms with van der Waals surface area (Å²) in [5.74, 6) is 2.14. The Labute approximate surface area is 225 Å². The van der Waals surface area contributed by atoms with Crippen molar-refractivity contribution in [2.75, 3.05) is 9.80 Å². The highest BCUT2D eigenvalue weighted by atomic mass is 15.2. The van der Waals surface area contributed by atoms with Gasteiger partial charge in [-0.05, 0) is 35.4 Å². The first-order chi connectivity index (χ1) is 18.9. The number of hydrogen-bond acceptors (Lipinski definition) is 2. The van der Waals surface area contributed by atoms with Crippen LogP contribution in [0.2, 0.25) is 0 Å². The highest BCUT2D eigenvalue weighted by Crippen LogP contribution is 2.46. The highest BCUT2D eigenvalue weighted by molar-refractivity contribution is 5.70. The van der Waals surface area contributed by atoms with Gasteiger partial charge in [0.15, 0.2) is 0 Å². The van der Waals surface area contributed by atoms with E-state index in [1.807, 2.05) is 0 Å². The minimum absolute atomic E-state index is 0.410. The van der Waals surface area contributed by atoms with Crippen molar-refractivity contribution >= 4 is 11.4 Å². The Balaban J connectivity index is 1.06. The first-order valence-corrected chi connectivity index (χ1v) is 14.0. The van der Waals surface area contributed by atoms with Crippen molar-refractivity contribution in [3.63, 3.8) is 0 Å². The molecule has 2 fully saturated rings. The number of anilines is 2. The summed E-state index contributed by atoms with van der Waals surface area (Å²) >= 11 is 0. The van der Waals surface area contributed by atoms with E-state index in [1.54, 1.807) is 0 Å². The Morgan fingerprint density at radius 3 is 0.868 bits per heavy atom. The zero-order chi connectivity index (χ0) is 25.1. The van der Waals surface area contributed by atoms with Gasteiger partial charge in [0.05, 0.1) is 24.2 Å². The summed E-state index contributed by atoms with van der Waals surface area (Å²) in [6.07, 6.45) is 36.8. The first kappa shape index (κ1) is 22.0. The van der Waals surface area contributed by atoms with Crippen LogP contribution in [0.3, 0.4) is 0 Å². The summed E-state index contributed by atoms with van der Waals surface area (Å²) in [6.45, 7) is 0. The Kier molecular flexibility index (Phi) is 5.07. The summed E-state index contributed by atoms with van der Waals surface area (Å²) in [4.78, 5) is 5.22. The number of hydrogen-bond donors (Lipinski definition) is 0. The van der Waals surface area contributed by atoms with Crippen molar-refractivity contribution < 1.29 is 0 Å². The van der Waals surface area contributed by atoms with E-state index in [9.17, 15) is 0 Å². The van der Waals surface area contributed by atoms with Crippen LogP contribution in [0, 0.1) is 23.7 Å². The minimum Gasteiger partial charge on any atom is -0.357 e. The van der Waals surface area contributed by atoms with Gasteiger partial charge in [-0.3, -0.25) is 0 Å². The molecule has 2 saturated heterocycles. The third kappa shape index (κ3) is 3.33. The van der Waals surface area contributed by atoms with Crippen LogP contribution in [0.4, 0.5) is 11.4 Å². The van der Waals surface area contributed by atoms with E-state index >= 15 is 0 Å². The molecule has 0 aromatic heterocycles. The average molecular weight is 493 g/mol.